The van der Waals surface area contributed by atoms with E-state index in [2.05, 4.69) is 14.8 Å². The Morgan fingerprint density at radius 2 is 1.83 bits per heavy atom. The molecule has 0 aromatic heterocycles. The zero-order valence-corrected chi connectivity index (χ0v) is 13.4. The van der Waals surface area contributed by atoms with Crippen molar-refractivity contribution in [2.45, 2.75) is 30.0 Å². The highest BCUT2D eigenvalue weighted by Crippen LogP contribution is 2.22. The fraction of sp³-hybridized carbons (Fsp3) is 0.500. The Morgan fingerprint density at radius 3 is 2.38 bits per heavy atom. The fourth-order valence-electron chi connectivity index (χ4n) is 1.80. The van der Waals surface area contributed by atoms with Crippen LogP contribution in [0.4, 0.5) is 13.2 Å². The molecule has 0 radical (unpaired) electrons. The van der Waals surface area contributed by atoms with E-state index in [4.69, 9.17) is 0 Å². The summed E-state index contributed by atoms with van der Waals surface area (Å²) in [6, 6.07) is 5.27. The SMILES string of the molecule is O=C(NCCOCC(F)(F)F)c1ccc(S(=O)(=O)NC2CC2)cc1. The molecule has 24 heavy (non-hydrogen) atoms. The summed E-state index contributed by atoms with van der Waals surface area (Å²) in [6.07, 6.45) is -2.77. The Bertz CT molecular complexity index is 670. The van der Waals surface area contributed by atoms with Gasteiger partial charge in [0, 0.05) is 18.2 Å². The summed E-state index contributed by atoms with van der Waals surface area (Å²) in [5, 5.41) is 2.39. The molecule has 1 aromatic rings. The molecule has 134 valence electrons. The molecule has 1 aliphatic carbocycles. The van der Waals surface area contributed by atoms with Crippen LogP contribution in [0.15, 0.2) is 29.2 Å². The van der Waals surface area contributed by atoms with Crippen LogP contribution in [0.25, 0.3) is 0 Å². The van der Waals surface area contributed by atoms with E-state index in [1.807, 2.05) is 0 Å². The number of ether oxygens (including phenoxy) is 1. The minimum absolute atomic E-state index is 0.0188. The second-order valence-corrected chi connectivity index (χ2v) is 7.06. The maximum Gasteiger partial charge on any atom is 0.411 e. The molecule has 1 amide bonds. The molecular weight excluding hydrogens is 349 g/mol. The average Bonchev–Trinajstić information content (AvgIpc) is 3.29. The number of hydrogen-bond acceptors (Lipinski definition) is 4. The quantitative estimate of drug-likeness (QED) is 0.682. The van der Waals surface area contributed by atoms with Gasteiger partial charge in [-0.15, -0.1) is 0 Å². The van der Waals surface area contributed by atoms with Crippen molar-refractivity contribution in [3.63, 3.8) is 0 Å². The predicted octanol–water partition coefficient (Wildman–Crippen LogP) is 1.44. The van der Waals surface area contributed by atoms with E-state index in [0.717, 1.165) is 12.8 Å². The molecule has 0 heterocycles. The first-order chi connectivity index (χ1) is 11.2. The van der Waals surface area contributed by atoms with Gasteiger partial charge in [0.15, 0.2) is 0 Å². The molecule has 2 rings (SSSR count). The lowest BCUT2D eigenvalue weighted by atomic mass is 10.2. The highest BCUT2D eigenvalue weighted by molar-refractivity contribution is 7.89. The van der Waals surface area contributed by atoms with Crippen LogP contribution in [-0.4, -0.2) is 46.3 Å². The van der Waals surface area contributed by atoms with E-state index in [0.29, 0.717) is 0 Å². The van der Waals surface area contributed by atoms with Crippen LogP contribution >= 0.6 is 0 Å². The molecule has 1 aliphatic rings. The van der Waals surface area contributed by atoms with Crippen molar-refractivity contribution in [1.82, 2.24) is 10.0 Å². The van der Waals surface area contributed by atoms with Gasteiger partial charge in [0.1, 0.15) is 6.61 Å². The maximum atomic E-state index is 12.0. The van der Waals surface area contributed by atoms with Crippen LogP contribution in [0, 0.1) is 0 Å². The van der Waals surface area contributed by atoms with Crippen molar-refractivity contribution in [3.8, 4) is 0 Å². The van der Waals surface area contributed by atoms with Crippen molar-refractivity contribution < 1.29 is 31.1 Å². The molecule has 0 saturated heterocycles. The summed E-state index contributed by atoms with van der Waals surface area (Å²) in [6.45, 7) is -1.73. The summed E-state index contributed by atoms with van der Waals surface area (Å²) < 4.78 is 66.4. The van der Waals surface area contributed by atoms with E-state index < -0.39 is 28.7 Å². The van der Waals surface area contributed by atoms with Gasteiger partial charge in [-0.05, 0) is 37.1 Å². The minimum Gasteiger partial charge on any atom is -0.370 e. The molecule has 0 atom stereocenters. The van der Waals surface area contributed by atoms with Crippen molar-refractivity contribution in [3.05, 3.63) is 29.8 Å². The second kappa shape index (κ2) is 7.49. The predicted molar refractivity (Wildman–Crippen MR) is 79.0 cm³/mol. The van der Waals surface area contributed by atoms with E-state index in [1.54, 1.807) is 0 Å². The monoisotopic (exact) mass is 366 g/mol. The second-order valence-electron chi connectivity index (χ2n) is 5.34. The number of halogens is 3. The average molecular weight is 366 g/mol. The molecule has 0 unspecified atom stereocenters. The number of alkyl halides is 3. The fourth-order valence-corrected chi connectivity index (χ4v) is 3.11. The largest absolute Gasteiger partial charge is 0.411 e. The van der Waals surface area contributed by atoms with Gasteiger partial charge < -0.3 is 10.1 Å². The van der Waals surface area contributed by atoms with Gasteiger partial charge in [-0.1, -0.05) is 0 Å². The topological polar surface area (TPSA) is 84.5 Å². The Morgan fingerprint density at radius 1 is 1.21 bits per heavy atom. The molecule has 2 N–H and O–H groups in total. The molecule has 1 aromatic carbocycles. The van der Waals surface area contributed by atoms with Gasteiger partial charge in [-0.3, -0.25) is 4.79 Å². The molecule has 0 spiro atoms. The third kappa shape index (κ3) is 6.10. The van der Waals surface area contributed by atoms with Gasteiger partial charge in [0.25, 0.3) is 5.91 Å². The Balaban J connectivity index is 1.80. The zero-order valence-electron chi connectivity index (χ0n) is 12.6. The number of rotatable bonds is 8. The molecule has 0 bridgehead atoms. The number of amides is 1. The number of benzene rings is 1. The minimum atomic E-state index is -4.40. The summed E-state index contributed by atoms with van der Waals surface area (Å²) in [5.74, 6) is -0.523. The lowest BCUT2D eigenvalue weighted by molar-refractivity contribution is -0.173. The maximum absolute atomic E-state index is 12.0. The van der Waals surface area contributed by atoms with Crippen molar-refractivity contribution >= 4 is 15.9 Å². The zero-order chi connectivity index (χ0) is 17.8. The van der Waals surface area contributed by atoms with Crippen LogP contribution < -0.4 is 10.0 Å². The molecule has 10 heteroatoms. The Hall–Kier alpha value is -1.65. The van der Waals surface area contributed by atoms with Gasteiger partial charge in [-0.2, -0.15) is 13.2 Å². The summed E-state index contributed by atoms with van der Waals surface area (Å²) in [7, 11) is -3.59. The lowest BCUT2D eigenvalue weighted by Gasteiger charge is -2.09. The highest BCUT2D eigenvalue weighted by atomic mass is 32.2. The molecule has 6 nitrogen and oxygen atoms in total. The van der Waals surface area contributed by atoms with Crippen LogP contribution in [0.2, 0.25) is 0 Å². The van der Waals surface area contributed by atoms with Gasteiger partial charge in [-0.25, -0.2) is 13.1 Å². The number of carbonyl (C=O) groups is 1. The van der Waals surface area contributed by atoms with E-state index >= 15 is 0 Å². The number of nitrogens with one attached hydrogen (secondary N) is 2. The normalized spacial score (nSPS) is 15.3. The van der Waals surface area contributed by atoms with Gasteiger partial charge in [0.05, 0.1) is 11.5 Å². The first-order valence-corrected chi connectivity index (χ1v) is 8.71. The number of carbonyl (C=O) groups excluding carboxylic acids is 1. The van der Waals surface area contributed by atoms with Gasteiger partial charge in [0.2, 0.25) is 10.0 Å². The van der Waals surface area contributed by atoms with Gasteiger partial charge >= 0.3 is 6.18 Å². The first-order valence-electron chi connectivity index (χ1n) is 7.22. The van der Waals surface area contributed by atoms with Crippen LogP contribution in [-0.2, 0) is 14.8 Å². The molecule has 1 saturated carbocycles. The first kappa shape index (κ1) is 18.7. The Labute approximate surface area is 137 Å². The number of hydrogen-bond donors (Lipinski definition) is 2. The van der Waals surface area contributed by atoms with Crippen LogP contribution in [0.1, 0.15) is 23.2 Å². The third-order valence-electron chi connectivity index (χ3n) is 3.12. The van der Waals surface area contributed by atoms with E-state index in [-0.39, 0.29) is 29.7 Å². The summed E-state index contributed by atoms with van der Waals surface area (Å²) in [5.41, 5.74) is 0.205. The van der Waals surface area contributed by atoms with Crippen molar-refractivity contribution in [2.75, 3.05) is 19.8 Å². The number of sulfonamides is 1. The highest BCUT2D eigenvalue weighted by Gasteiger charge is 2.28. The van der Waals surface area contributed by atoms with Crippen LogP contribution in [0.5, 0.6) is 0 Å². The molecular formula is C14H17F3N2O4S. The smallest absolute Gasteiger partial charge is 0.370 e. The van der Waals surface area contributed by atoms with Crippen LogP contribution in [0.3, 0.4) is 0 Å². The Kier molecular flexibility index (Phi) is 5.83. The van der Waals surface area contributed by atoms with E-state index in [1.165, 1.54) is 24.3 Å². The van der Waals surface area contributed by atoms with Crippen molar-refractivity contribution in [2.24, 2.45) is 0 Å². The molecule has 1 fully saturated rings. The standard InChI is InChI=1S/C14H17F3N2O4S/c15-14(16,17)9-23-8-7-18-13(20)10-1-5-12(6-2-10)24(21,22)19-11-3-4-11/h1-2,5-6,11,19H,3-4,7-9H2,(H,18,20). The summed E-state index contributed by atoms with van der Waals surface area (Å²) in [4.78, 5) is 11.9. The van der Waals surface area contributed by atoms with E-state index in [9.17, 15) is 26.4 Å². The molecule has 0 aliphatic heterocycles. The van der Waals surface area contributed by atoms with Crippen molar-refractivity contribution in [1.29, 1.82) is 0 Å². The third-order valence-corrected chi connectivity index (χ3v) is 4.66. The lowest BCUT2D eigenvalue weighted by Crippen LogP contribution is -2.29. The summed E-state index contributed by atoms with van der Waals surface area (Å²) >= 11 is 0.